The highest BCUT2D eigenvalue weighted by atomic mass is 16.2. The van der Waals surface area contributed by atoms with Gasteiger partial charge in [0.15, 0.2) is 0 Å². The van der Waals surface area contributed by atoms with Crippen LogP contribution in [0.2, 0.25) is 0 Å². The van der Waals surface area contributed by atoms with Crippen LogP contribution < -0.4 is 15.5 Å². The molecule has 1 fully saturated rings. The number of anilines is 2. The van der Waals surface area contributed by atoms with Gasteiger partial charge in [0.2, 0.25) is 11.8 Å². The van der Waals surface area contributed by atoms with Gasteiger partial charge in [-0.25, -0.2) is 4.98 Å². The molecule has 2 heterocycles. The Morgan fingerprint density at radius 1 is 1.19 bits per heavy atom. The van der Waals surface area contributed by atoms with Crippen LogP contribution in [0.1, 0.15) is 25.0 Å². The summed E-state index contributed by atoms with van der Waals surface area (Å²) < 4.78 is 0. The maximum absolute atomic E-state index is 12.7. The van der Waals surface area contributed by atoms with Crippen molar-refractivity contribution in [1.29, 1.82) is 0 Å². The molecule has 1 aliphatic rings. The summed E-state index contributed by atoms with van der Waals surface area (Å²) in [5, 5.41) is 5.72. The minimum absolute atomic E-state index is 0.00437. The highest BCUT2D eigenvalue weighted by molar-refractivity contribution is 5.98. The largest absolute Gasteiger partial charge is 0.353 e. The molecule has 0 bridgehead atoms. The molecule has 1 aromatic heterocycles. The average molecular weight is 352 g/mol. The van der Waals surface area contributed by atoms with Crippen molar-refractivity contribution < 1.29 is 9.59 Å². The monoisotopic (exact) mass is 352 g/mol. The van der Waals surface area contributed by atoms with Crippen LogP contribution in [0.3, 0.4) is 0 Å². The number of hydrogen-bond donors (Lipinski definition) is 2. The Labute approximate surface area is 153 Å². The van der Waals surface area contributed by atoms with E-state index in [9.17, 15) is 9.59 Å². The SMILES string of the molecule is Cc1ccc(C(C)(C)C(=O)Nc2ccc(N3CCNC(=O)C3)nc2)cc1. The Morgan fingerprint density at radius 2 is 1.92 bits per heavy atom. The lowest BCUT2D eigenvalue weighted by molar-refractivity contribution is -0.121. The first-order chi connectivity index (χ1) is 12.4. The summed E-state index contributed by atoms with van der Waals surface area (Å²) in [4.78, 5) is 30.5. The highest BCUT2D eigenvalue weighted by Gasteiger charge is 2.29. The third-order valence-electron chi connectivity index (χ3n) is 4.71. The van der Waals surface area contributed by atoms with E-state index in [4.69, 9.17) is 0 Å². The van der Waals surface area contributed by atoms with Crippen LogP contribution in [0.4, 0.5) is 11.5 Å². The quantitative estimate of drug-likeness (QED) is 0.885. The number of benzene rings is 1. The molecular formula is C20H24N4O2. The molecule has 0 atom stereocenters. The van der Waals surface area contributed by atoms with Crippen molar-refractivity contribution >= 4 is 23.3 Å². The number of rotatable bonds is 4. The third kappa shape index (κ3) is 3.85. The van der Waals surface area contributed by atoms with Crippen LogP contribution in [0, 0.1) is 6.92 Å². The Kier molecular flexibility index (Phi) is 4.93. The number of carbonyl (C=O) groups excluding carboxylic acids is 2. The van der Waals surface area contributed by atoms with Gasteiger partial charge in [0, 0.05) is 13.1 Å². The number of nitrogens with one attached hydrogen (secondary N) is 2. The lowest BCUT2D eigenvalue weighted by atomic mass is 9.83. The summed E-state index contributed by atoms with van der Waals surface area (Å²) in [7, 11) is 0. The average Bonchev–Trinajstić information content (AvgIpc) is 2.62. The molecule has 1 aromatic carbocycles. The van der Waals surface area contributed by atoms with Crippen LogP contribution in [0.15, 0.2) is 42.6 Å². The molecular weight excluding hydrogens is 328 g/mol. The zero-order valence-corrected chi connectivity index (χ0v) is 15.4. The predicted octanol–water partition coefficient (Wildman–Crippen LogP) is 2.24. The minimum atomic E-state index is -0.655. The van der Waals surface area contributed by atoms with E-state index >= 15 is 0 Å². The Hall–Kier alpha value is -2.89. The molecule has 6 nitrogen and oxygen atoms in total. The minimum Gasteiger partial charge on any atom is -0.353 e. The number of aromatic nitrogens is 1. The fraction of sp³-hybridized carbons (Fsp3) is 0.350. The molecule has 0 spiro atoms. The first kappa shape index (κ1) is 17.9. The zero-order valence-electron chi connectivity index (χ0n) is 15.4. The summed E-state index contributed by atoms with van der Waals surface area (Å²) in [6.45, 7) is 7.48. The number of amides is 2. The van der Waals surface area contributed by atoms with E-state index in [0.29, 0.717) is 18.8 Å². The smallest absolute Gasteiger partial charge is 0.239 e. The number of piperazine rings is 1. The van der Waals surface area contributed by atoms with E-state index in [0.717, 1.165) is 23.5 Å². The Bertz CT molecular complexity index is 798. The molecule has 1 aliphatic heterocycles. The first-order valence-corrected chi connectivity index (χ1v) is 8.72. The van der Waals surface area contributed by atoms with Crippen molar-refractivity contribution in [3.63, 3.8) is 0 Å². The maximum Gasteiger partial charge on any atom is 0.239 e. The molecule has 0 radical (unpaired) electrons. The molecule has 0 aliphatic carbocycles. The Balaban J connectivity index is 1.69. The van der Waals surface area contributed by atoms with Gasteiger partial charge in [0.05, 0.1) is 23.8 Å². The molecule has 1 saturated heterocycles. The van der Waals surface area contributed by atoms with Gasteiger partial charge in [0.1, 0.15) is 5.82 Å². The van der Waals surface area contributed by atoms with Crippen molar-refractivity contribution in [2.24, 2.45) is 0 Å². The van der Waals surface area contributed by atoms with Crippen molar-refractivity contribution in [2.75, 3.05) is 29.9 Å². The number of hydrogen-bond acceptors (Lipinski definition) is 4. The normalized spacial score (nSPS) is 14.7. The van der Waals surface area contributed by atoms with E-state index in [-0.39, 0.29) is 11.8 Å². The second-order valence-corrected chi connectivity index (χ2v) is 7.12. The van der Waals surface area contributed by atoms with Crippen LogP contribution in [-0.4, -0.2) is 36.4 Å². The highest BCUT2D eigenvalue weighted by Crippen LogP contribution is 2.26. The van der Waals surface area contributed by atoms with E-state index in [1.54, 1.807) is 6.20 Å². The summed E-state index contributed by atoms with van der Waals surface area (Å²) >= 11 is 0. The van der Waals surface area contributed by atoms with Gasteiger partial charge in [-0.05, 0) is 38.5 Å². The van der Waals surface area contributed by atoms with E-state index in [2.05, 4.69) is 15.6 Å². The number of nitrogens with zero attached hydrogens (tertiary/aromatic N) is 2. The van der Waals surface area contributed by atoms with E-state index in [1.807, 2.05) is 62.1 Å². The molecule has 3 rings (SSSR count). The lowest BCUT2D eigenvalue weighted by Crippen LogP contribution is -2.48. The van der Waals surface area contributed by atoms with Crippen molar-refractivity contribution in [1.82, 2.24) is 10.3 Å². The number of aryl methyl sites for hydroxylation is 1. The van der Waals surface area contributed by atoms with Crippen LogP contribution >= 0.6 is 0 Å². The van der Waals surface area contributed by atoms with Gasteiger partial charge >= 0.3 is 0 Å². The molecule has 26 heavy (non-hydrogen) atoms. The third-order valence-corrected chi connectivity index (χ3v) is 4.71. The van der Waals surface area contributed by atoms with E-state index < -0.39 is 5.41 Å². The van der Waals surface area contributed by atoms with Crippen LogP contribution in [-0.2, 0) is 15.0 Å². The van der Waals surface area contributed by atoms with Crippen LogP contribution in [0.25, 0.3) is 0 Å². The topological polar surface area (TPSA) is 74.3 Å². The van der Waals surface area contributed by atoms with Gasteiger partial charge in [-0.2, -0.15) is 0 Å². The second-order valence-electron chi connectivity index (χ2n) is 7.12. The van der Waals surface area contributed by atoms with Crippen molar-refractivity contribution in [3.05, 3.63) is 53.7 Å². The standard InChI is InChI=1S/C20H24N4O2/c1-14-4-6-15(7-5-14)20(2,3)19(26)23-16-8-9-17(22-12-16)24-11-10-21-18(25)13-24/h4-9,12H,10-11,13H2,1-3H3,(H,21,25)(H,23,26). The predicted molar refractivity (Wildman–Crippen MR) is 102 cm³/mol. The summed E-state index contributed by atoms with van der Waals surface area (Å²) in [5.41, 5.74) is 2.11. The van der Waals surface area contributed by atoms with Gasteiger partial charge < -0.3 is 15.5 Å². The van der Waals surface area contributed by atoms with Gasteiger partial charge in [-0.15, -0.1) is 0 Å². The van der Waals surface area contributed by atoms with E-state index in [1.165, 1.54) is 0 Å². The van der Waals surface area contributed by atoms with Crippen molar-refractivity contribution in [3.8, 4) is 0 Å². The Morgan fingerprint density at radius 3 is 2.54 bits per heavy atom. The molecule has 2 aromatic rings. The van der Waals surface area contributed by atoms with Crippen molar-refractivity contribution in [2.45, 2.75) is 26.2 Å². The zero-order chi connectivity index (χ0) is 18.7. The lowest BCUT2D eigenvalue weighted by Gasteiger charge is -2.28. The molecule has 136 valence electrons. The van der Waals surface area contributed by atoms with Gasteiger partial charge in [-0.1, -0.05) is 29.8 Å². The van der Waals surface area contributed by atoms with Gasteiger partial charge in [0.25, 0.3) is 0 Å². The first-order valence-electron chi connectivity index (χ1n) is 8.72. The second kappa shape index (κ2) is 7.15. The van der Waals surface area contributed by atoms with Gasteiger partial charge in [-0.3, -0.25) is 9.59 Å². The fourth-order valence-corrected chi connectivity index (χ4v) is 2.87. The molecule has 6 heteroatoms. The molecule has 0 saturated carbocycles. The van der Waals surface area contributed by atoms with Crippen LogP contribution in [0.5, 0.6) is 0 Å². The maximum atomic E-state index is 12.7. The summed E-state index contributed by atoms with van der Waals surface area (Å²) in [6, 6.07) is 11.6. The summed E-state index contributed by atoms with van der Waals surface area (Å²) in [6.07, 6.45) is 1.63. The number of pyridine rings is 1. The summed E-state index contributed by atoms with van der Waals surface area (Å²) in [5.74, 6) is 0.638. The molecule has 2 amide bonds. The molecule has 2 N–H and O–H groups in total. The fourth-order valence-electron chi connectivity index (χ4n) is 2.87. The number of carbonyl (C=O) groups is 2. The molecule has 0 unspecified atom stereocenters.